The largest absolute Gasteiger partial charge is 0.497 e. The highest BCUT2D eigenvalue weighted by Gasteiger charge is 2.31. The Labute approximate surface area is 211 Å². The highest BCUT2D eigenvalue weighted by Crippen LogP contribution is 2.34. The summed E-state index contributed by atoms with van der Waals surface area (Å²) in [5.41, 5.74) is 2.75. The lowest BCUT2D eigenvalue weighted by atomic mass is 9.79. The van der Waals surface area contributed by atoms with Gasteiger partial charge in [0.05, 0.1) is 18.7 Å². The van der Waals surface area contributed by atoms with Gasteiger partial charge in [-0.2, -0.15) is 0 Å². The molecule has 2 N–H and O–H groups in total. The quantitative estimate of drug-likeness (QED) is 0.379. The second kappa shape index (κ2) is 12.3. The number of aromatic nitrogens is 1. The van der Waals surface area contributed by atoms with Gasteiger partial charge in [-0.05, 0) is 105 Å². The number of rotatable bonds is 11. The number of nitrogens with zero attached hydrogens (tertiary/aromatic N) is 2. The van der Waals surface area contributed by atoms with E-state index in [2.05, 4.69) is 9.88 Å². The van der Waals surface area contributed by atoms with E-state index < -0.39 is 12.1 Å². The molecule has 3 aromatic rings. The van der Waals surface area contributed by atoms with Crippen molar-refractivity contribution in [1.29, 1.82) is 0 Å². The maximum atomic E-state index is 13.1. The van der Waals surface area contributed by atoms with Crippen LogP contribution in [-0.2, 0) is 11.2 Å². The first-order valence-corrected chi connectivity index (χ1v) is 12.7. The standard InChI is InChI=1S/C29H35FN2O4/c1-36-24-9-10-27-26(18-24)25(12-14-31-27)28(33)11-6-21-13-16-32(19-22(21)17-29(34)35)15-2-3-20-4-7-23(30)8-5-20/h4-5,7-10,12,14,18,21-22,28,33H,2-3,6,11,13,15-17,19H2,1H3,(H,34,35)/t21-,22+,28?/m1/s1. The third kappa shape index (κ3) is 6.80. The van der Waals surface area contributed by atoms with Crippen molar-refractivity contribution in [3.05, 3.63) is 71.7 Å². The molecule has 192 valence electrons. The number of aliphatic hydroxyl groups excluding tert-OH is 1. The molecule has 0 saturated carbocycles. The molecule has 1 saturated heterocycles. The molecule has 7 heteroatoms. The molecule has 1 unspecified atom stereocenters. The summed E-state index contributed by atoms with van der Waals surface area (Å²) in [4.78, 5) is 18.3. The van der Waals surface area contributed by atoms with Crippen molar-refractivity contribution >= 4 is 16.9 Å². The topological polar surface area (TPSA) is 82.9 Å². The van der Waals surface area contributed by atoms with E-state index in [1.807, 2.05) is 36.4 Å². The Morgan fingerprint density at radius 1 is 1.19 bits per heavy atom. The molecule has 3 atom stereocenters. The Morgan fingerprint density at radius 2 is 2.00 bits per heavy atom. The number of fused-ring (bicyclic) bond motifs is 1. The number of aliphatic hydroxyl groups is 1. The Balaban J connectivity index is 1.34. The van der Waals surface area contributed by atoms with Crippen LogP contribution in [0, 0.1) is 17.7 Å². The molecule has 36 heavy (non-hydrogen) atoms. The number of aliphatic carboxylic acids is 1. The molecule has 0 amide bonds. The summed E-state index contributed by atoms with van der Waals surface area (Å²) in [7, 11) is 1.62. The molecule has 0 radical (unpaired) electrons. The number of piperidine rings is 1. The lowest BCUT2D eigenvalue weighted by Gasteiger charge is -2.38. The number of aryl methyl sites for hydroxylation is 1. The number of ether oxygens (including phenoxy) is 1. The van der Waals surface area contributed by atoms with Crippen molar-refractivity contribution in [1.82, 2.24) is 9.88 Å². The number of hydrogen-bond donors (Lipinski definition) is 2. The van der Waals surface area contributed by atoms with Crippen LogP contribution in [0.5, 0.6) is 5.75 Å². The van der Waals surface area contributed by atoms with Gasteiger partial charge in [0.25, 0.3) is 0 Å². The minimum absolute atomic E-state index is 0.0588. The molecule has 2 aromatic carbocycles. The molecule has 2 heterocycles. The van der Waals surface area contributed by atoms with E-state index >= 15 is 0 Å². The number of methoxy groups -OCH3 is 1. The number of halogens is 1. The molecular formula is C29H35FN2O4. The van der Waals surface area contributed by atoms with Crippen molar-refractivity contribution in [3.63, 3.8) is 0 Å². The van der Waals surface area contributed by atoms with Gasteiger partial charge in [-0.1, -0.05) is 12.1 Å². The Hall–Kier alpha value is -3.03. The molecule has 0 bridgehead atoms. The van der Waals surface area contributed by atoms with E-state index in [4.69, 9.17) is 4.74 Å². The number of carboxylic acid groups (broad SMARTS) is 1. The average Bonchev–Trinajstić information content (AvgIpc) is 2.88. The number of hydrogen-bond acceptors (Lipinski definition) is 5. The number of carbonyl (C=O) groups is 1. The van der Waals surface area contributed by atoms with Gasteiger partial charge in [-0.3, -0.25) is 9.78 Å². The second-order valence-electron chi connectivity index (χ2n) is 9.81. The molecule has 1 aromatic heterocycles. The zero-order valence-corrected chi connectivity index (χ0v) is 20.8. The fraction of sp³-hybridized carbons (Fsp3) is 0.448. The lowest BCUT2D eigenvalue weighted by Crippen LogP contribution is -2.42. The monoisotopic (exact) mass is 494 g/mol. The fourth-order valence-corrected chi connectivity index (χ4v) is 5.44. The first kappa shape index (κ1) is 26.0. The summed E-state index contributed by atoms with van der Waals surface area (Å²) >= 11 is 0. The van der Waals surface area contributed by atoms with Gasteiger partial charge in [0.1, 0.15) is 11.6 Å². The summed E-state index contributed by atoms with van der Waals surface area (Å²) < 4.78 is 18.5. The van der Waals surface area contributed by atoms with Crippen LogP contribution in [-0.4, -0.2) is 52.8 Å². The maximum absolute atomic E-state index is 13.1. The predicted molar refractivity (Wildman–Crippen MR) is 137 cm³/mol. The first-order chi connectivity index (χ1) is 17.4. The smallest absolute Gasteiger partial charge is 0.303 e. The molecule has 6 nitrogen and oxygen atoms in total. The molecule has 0 spiro atoms. The van der Waals surface area contributed by atoms with Crippen LogP contribution in [0.2, 0.25) is 0 Å². The Morgan fingerprint density at radius 3 is 2.75 bits per heavy atom. The summed E-state index contributed by atoms with van der Waals surface area (Å²) in [6, 6.07) is 14.1. The van der Waals surface area contributed by atoms with Crippen LogP contribution in [0.3, 0.4) is 0 Å². The van der Waals surface area contributed by atoms with Crippen LogP contribution in [0.4, 0.5) is 4.39 Å². The zero-order chi connectivity index (χ0) is 25.5. The van der Waals surface area contributed by atoms with Gasteiger partial charge in [0.15, 0.2) is 0 Å². The van der Waals surface area contributed by atoms with Gasteiger partial charge in [0, 0.05) is 24.5 Å². The van der Waals surface area contributed by atoms with Crippen LogP contribution >= 0.6 is 0 Å². The number of carboxylic acids is 1. The Bertz CT molecular complexity index is 1150. The van der Waals surface area contributed by atoms with E-state index in [0.29, 0.717) is 6.42 Å². The van der Waals surface area contributed by atoms with Gasteiger partial charge in [0.2, 0.25) is 0 Å². The number of benzene rings is 2. The van der Waals surface area contributed by atoms with E-state index in [1.54, 1.807) is 13.3 Å². The molecular weight excluding hydrogens is 459 g/mol. The van der Waals surface area contributed by atoms with Gasteiger partial charge >= 0.3 is 5.97 Å². The summed E-state index contributed by atoms with van der Waals surface area (Å²) in [6.45, 7) is 2.58. The fourth-order valence-electron chi connectivity index (χ4n) is 5.44. The third-order valence-electron chi connectivity index (χ3n) is 7.42. The van der Waals surface area contributed by atoms with E-state index in [1.165, 1.54) is 12.1 Å². The third-order valence-corrected chi connectivity index (χ3v) is 7.42. The van der Waals surface area contributed by atoms with Crippen molar-refractivity contribution in [2.45, 2.75) is 44.6 Å². The van der Waals surface area contributed by atoms with Crippen LogP contribution in [0.25, 0.3) is 10.9 Å². The highest BCUT2D eigenvalue weighted by atomic mass is 19.1. The van der Waals surface area contributed by atoms with Gasteiger partial charge in [-0.15, -0.1) is 0 Å². The van der Waals surface area contributed by atoms with Crippen LogP contribution in [0.1, 0.15) is 49.3 Å². The van der Waals surface area contributed by atoms with Gasteiger partial charge in [-0.25, -0.2) is 4.39 Å². The summed E-state index contributed by atoms with van der Waals surface area (Å²) in [5.74, 6) is 0.0396. The second-order valence-corrected chi connectivity index (χ2v) is 9.81. The SMILES string of the molecule is COc1ccc2nccc(C(O)CC[C@@H]3CCN(CCCc4ccc(F)cc4)C[C@@H]3CC(=O)O)c2c1. The lowest BCUT2D eigenvalue weighted by molar-refractivity contribution is -0.139. The average molecular weight is 495 g/mol. The van der Waals surface area contributed by atoms with Crippen molar-refractivity contribution in [3.8, 4) is 5.75 Å². The van der Waals surface area contributed by atoms with Crippen LogP contribution in [0.15, 0.2) is 54.7 Å². The number of likely N-dealkylation sites (tertiary alicyclic amines) is 1. The van der Waals surface area contributed by atoms with Crippen molar-refractivity contribution in [2.75, 3.05) is 26.7 Å². The van der Waals surface area contributed by atoms with Crippen molar-refractivity contribution < 1.29 is 24.1 Å². The van der Waals surface area contributed by atoms with Crippen LogP contribution < -0.4 is 4.74 Å². The minimum atomic E-state index is -0.772. The molecule has 1 fully saturated rings. The normalized spacial score (nSPS) is 19.3. The highest BCUT2D eigenvalue weighted by molar-refractivity contribution is 5.83. The Kier molecular flexibility index (Phi) is 8.88. The van der Waals surface area contributed by atoms with E-state index in [9.17, 15) is 19.4 Å². The minimum Gasteiger partial charge on any atom is -0.497 e. The molecule has 1 aliphatic rings. The van der Waals surface area contributed by atoms with Gasteiger partial charge < -0.3 is 19.8 Å². The first-order valence-electron chi connectivity index (χ1n) is 12.7. The maximum Gasteiger partial charge on any atom is 0.303 e. The summed E-state index contributed by atoms with van der Waals surface area (Å²) in [5, 5.41) is 21.5. The zero-order valence-electron chi connectivity index (χ0n) is 20.8. The predicted octanol–water partition coefficient (Wildman–Crippen LogP) is 5.24. The van der Waals surface area contributed by atoms with Crippen molar-refractivity contribution in [2.24, 2.45) is 11.8 Å². The summed E-state index contributed by atoms with van der Waals surface area (Å²) in [6.07, 6.45) is 5.30. The van der Waals surface area contributed by atoms with E-state index in [0.717, 1.165) is 73.1 Å². The molecule has 4 rings (SSSR count). The number of pyridine rings is 1. The van der Waals surface area contributed by atoms with E-state index in [-0.39, 0.29) is 24.1 Å². The molecule has 0 aliphatic carbocycles. The molecule has 1 aliphatic heterocycles.